The molecule has 1 rings (SSSR count). The van der Waals surface area contributed by atoms with Crippen molar-refractivity contribution in [3.05, 3.63) is 0 Å². The Balaban J connectivity index is 2.08. The highest BCUT2D eigenvalue weighted by Crippen LogP contribution is 2.17. The van der Waals surface area contributed by atoms with E-state index in [0.717, 1.165) is 45.3 Å². The quantitative estimate of drug-likeness (QED) is 0.601. The first-order chi connectivity index (χ1) is 7.27. The molecule has 1 atom stereocenters. The van der Waals surface area contributed by atoms with Gasteiger partial charge in [-0.05, 0) is 19.4 Å². The zero-order chi connectivity index (χ0) is 11.1. The van der Waals surface area contributed by atoms with E-state index in [2.05, 4.69) is 0 Å². The minimum absolute atomic E-state index is 0.134. The second-order valence-electron chi connectivity index (χ2n) is 4.30. The number of carbonyl (C=O) groups excluding carboxylic acids is 1. The van der Waals surface area contributed by atoms with Crippen LogP contribution in [0.4, 0.5) is 0 Å². The molecule has 1 aliphatic heterocycles. The maximum Gasteiger partial charge on any atom is 0.223 e. The van der Waals surface area contributed by atoms with Crippen molar-refractivity contribution >= 4 is 5.91 Å². The molecule has 1 fully saturated rings. The number of amides is 1. The summed E-state index contributed by atoms with van der Waals surface area (Å²) in [5.74, 6) is 0.370. The molecule has 15 heavy (non-hydrogen) atoms. The Labute approximate surface area is 91.4 Å². The summed E-state index contributed by atoms with van der Waals surface area (Å²) in [5.41, 5.74) is 5.40. The van der Waals surface area contributed by atoms with E-state index < -0.39 is 0 Å². The van der Waals surface area contributed by atoms with Crippen molar-refractivity contribution in [2.75, 3.05) is 26.2 Å². The van der Waals surface area contributed by atoms with Crippen LogP contribution in [0.3, 0.4) is 0 Å². The lowest BCUT2D eigenvalue weighted by atomic mass is 10.1. The predicted octanol–water partition coefficient (Wildman–Crippen LogP) is 0.346. The van der Waals surface area contributed by atoms with E-state index in [4.69, 9.17) is 10.8 Å². The first-order valence-electron chi connectivity index (χ1n) is 5.86. The molecular weight excluding hydrogens is 192 g/mol. The zero-order valence-electron chi connectivity index (χ0n) is 9.32. The minimum atomic E-state index is 0.134. The number of aliphatic hydroxyl groups is 1. The molecule has 0 radical (unpaired) electrons. The van der Waals surface area contributed by atoms with Crippen LogP contribution in [0, 0.1) is 5.92 Å². The van der Waals surface area contributed by atoms with E-state index in [-0.39, 0.29) is 18.4 Å². The Kier molecular flexibility index (Phi) is 5.65. The molecule has 4 heteroatoms. The van der Waals surface area contributed by atoms with Gasteiger partial charge in [-0.3, -0.25) is 4.79 Å². The van der Waals surface area contributed by atoms with Crippen molar-refractivity contribution in [1.29, 1.82) is 0 Å². The number of nitrogens with two attached hydrogens (primary N) is 1. The van der Waals surface area contributed by atoms with E-state index in [9.17, 15) is 4.79 Å². The van der Waals surface area contributed by atoms with Gasteiger partial charge >= 0.3 is 0 Å². The second kappa shape index (κ2) is 6.80. The Morgan fingerprint density at radius 2 is 2.07 bits per heavy atom. The molecule has 88 valence electrons. The number of aliphatic hydroxyl groups excluding tert-OH is 1. The van der Waals surface area contributed by atoms with Crippen LogP contribution in [0.2, 0.25) is 0 Å². The Hall–Kier alpha value is -0.610. The second-order valence-corrected chi connectivity index (χ2v) is 4.30. The third-order valence-corrected chi connectivity index (χ3v) is 2.93. The lowest BCUT2D eigenvalue weighted by Crippen LogP contribution is -2.26. The summed E-state index contributed by atoms with van der Waals surface area (Å²) in [6.07, 6.45) is 4.96. The molecule has 4 nitrogen and oxygen atoms in total. The fraction of sp³-hybridized carbons (Fsp3) is 0.909. The smallest absolute Gasteiger partial charge is 0.223 e. The summed E-state index contributed by atoms with van der Waals surface area (Å²) in [7, 11) is 0. The van der Waals surface area contributed by atoms with Gasteiger partial charge in [-0.2, -0.15) is 0 Å². The normalized spacial score (nSPS) is 21.3. The molecule has 1 unspecified atom stereocenters. The molecule has 1 amide bonds. The Bertz CT molecular complexity index is 197. The highest BCUT2D eigenvalue weighted by Gasteiger charge is 2.28. The van der Waals surface area contributed by atoms with Crippen LogP contribution in [0.25, 0.3) is 0 Å². The van der Waals surface area contributed by atoms with Gasteiger partial charge in [0.1, 0.15) is 0 Å². The lowest BCUT2D eigenvalue weighted by molar-refractivity contribution is -0.127. The van der Waals surface area contributed by atoms with Gasteiger partial charge in [0.15, 0.2) is 0 Å². The lowest BCUT2D eigenvalue weighted by Gasteiger charge is -2.15. The van der Waals surface area contributed by atoms with Gasteiger partial charge in [-0.15, -0.1) is 0 Å². The zero-order valence-corrected chi connectivity index (χ0v) is 9.32. The van der Waals surface area contributed by atoms with Gasteiger partial charge in [0, 0.05) is 32.0 Å². The largest absolute Gasteiger partial charge is 0.396 e. The average molecular weight is 214 g/mol. The van der Waals surface area contributed by atoms with Crippen LogP contribution >= 0.6 is 0 Å². The molecule has 0 aromatic rings. The van der Waals surface area contributed by atoms with Crippen LogP contribution in [-0.4, -0.2) is 42.2 Å². The topological polar surface area (TPSA) is 66.6 Å². The average Bonchev–Trinajstić information content (AvgIpc) is 2.59. The van der Waals surface area contributed by atoms with Gasteiger partial charge in [0.2, 0.25) is 5.91 Å². The number of hydrogen-bond donors (Lipinski definition) is 2. The fourth-order valence-electron chi connectivity index (χ4n) is 1.99. The van der Waals surface area contributed by atoms with Crippen molar-refractivity contribution in [1.82, 2.24) is 4.90 Å². The summed E-state index contributed by atoms with van der Waals surface area (Å²) in [5, 5.41) is 8.95. The van der Waals surface area contributed by atoms with Gasteiger partial charge in [0.25, 0.3) is 0 Å². The van der Waals surface area contributed by atoms with Gasteiger partial charge in [-0.1, -0.05) is 12.8 Å². The van der Waals surface area contributed by atoms with Crippen molar-refractivity contribution in [3.8, 4) is 0 Å². The number of nitrogens with zero attached hydrogens (tertiary/aromatic N) is 1. The van der Waals surface area contributed by atoms with E-state index >= 15 is 0 Å². The monoisotopic (exact) mass is 214 g/mol. The molecule has 1 heterocycles. The maximum atomic E-state index is 11.5. The third-order valence-electron chi connectivity index (χ3n) is 2.93. The summed E-state index contributed by atoms with van der Waals surface area (Å²) in [4.78, 5) is 13.3. The van der Waals surface area contributed by atoms with Crippen molar-refractivity contribution < 1.29 is 9.90 Å². The number of unbranched alkanes of at least 4 members (excludes halogenated alkanes) is 3. The van der Waals surface area contributed by atoms with Crippen molar-refractivity contribution in [2.45, 2.75) is 32.1 Å². The van der Waals surface area contributed by atoms with Crippen LogP contribution in [0.1, 0.15) is 32.1 Å². The highest BCUT2D eigenvalue weighted by atomic mass is 16.3. The summed E-state index contributed by atoms with van der Waals surface area (Å²) in [6, 6.07) is 0. The van der Waals surface area contributed by atoms with Crippen LogP contribution in [0.15, 0.2) is 0 Å². The Morgan fingerprint density at radius 1 is 1.33 bits per heavy atom. The molecule has 0 saturated carbocycles. The van der Waals surface area contributed by atoms with Crippen molar-refractivity contribution in [2.24, 2.45) is 11.7 Å². The van der Waals surface area contributed by atoms with Crippen molar-refractivity contribution in [3.63, 3.8) is 0 Å². The Morgan fingerprint density at radius 3 is 2.67 bits per heavy atom. The molecule has 0 aliphatic carbocycles. The van der Waals surface area contributed by atoms with E-state index in [1.54, 1.807) is 0 Å². The summed E-state index contributed by atoms with van der Waals surface area (Å²) >= 11 is 0. The highest BCUT2D eigenvalue weighted by molar-refractivity contribution is 5.78. The van der Waals surface area contributed by atoms with E-state index in [1.807, 2.05) is 4.90 Å². The molecule has 3 N–H and O–H groups in total. The predicted molar refractivity (Wildman–Crippen MR) is 59.3 cm³/mol. The molecule has 0 spiro atoms. The standard InChI is InChI=1S/C11H22N2O2/c12-5-3-1-2-4-6-13-8-10(9-14)7-11(13)15/h10,14H,1-9,12H2. The number of carbonyl (C=O) groups is 1. The first kappa shape index (κ1) is 12.5. The number of hydrogen-bond acceptors (Lipinski definition) is 3. The molecule has 1 aliphatic rings. The SMILES string of the molecule is NCCCCCCN1CC(CO)CC1=O. The van der Waals surface area contributed by atoms with Crippen LogP contribution < -0.4 is 5.73 Å². The maximum absolute atomic E-state index is 11.5. The van der Waals surface area contributed by atoms with Gasteiger partial charge in [0.05, 0.1) is 0 Å². The molecular formula is C11H22N2O2. The molecule has 0 bridgehead atoms. The minimum Gasteiger partial charge on any atom is -0.396 e. The number of rotatable bonds is 7. The van der Waals surface area contributed by atoms with Gasteiger partial charge in [-0.25, -0.2) is 0 Å². The molecule has 0 aromatic heterocycles. The molecule has 0 aromatic carbocycles. The number of likely N-dealkylation sites (tertiary alicyclic amines) is 1. The van der Waals surface area contributed by atoms with Crippen LogP contribution in [0.5, 0.6) is 0 Å². The summed E-state index contributed by atoms with van der Waals surface area (Å²) in [6.45, 7) is 2.48. The molecule has 1 saturated heterocycles. The summed E-state index contributed by atoms with van der Waals surface area (Å²) < 4.78 is 0. The fourth-order valence-corrected chi connectivity index (χ4v) is 1.99. The van der Waals surface area contributed by atoms with E-state index in [1.165, 1.54) is 0 Å². The van der Waals surface area contributed by atoms with Crippen LogP contribution in [-0.2, 0) is 4.79 Å². The van der Waals surface area contributed by atoms with Gasteiger partial charge < -0.3 is 15.7 Å². The third kappa shape index (κ3) is 4.18. The van der Waals surface area contributed by atoms with E-state index in [0.29, 0.717) is 6.42 Å². The first-order valence-corrected chi connectivity index (χ1v) is 5.86.